The molecule has 0 aliphatic carbocycles. The average molecular weight is 378 g/mol. The summed E-state index contributed by atoms with van der Waals surface area (Å²) in [7, 11) is 0. The van der Waals surface area contributed by atoms with Gasteiger partial charge in [-0.2, -0.15) is 4.98 Å². The van der Waals surface area contributed by atoms with Gasteiger partial charge < -0.3 is 20.1 Å². The van der Waals surface area contributed by atoms with Crippen LogP contribution in [0.5, 0.6) is 11.5 Å². The molecule has 0 aliphatic rings. The third-order valence-corrected chi connectivity index (χ3v) is 3.80. The van der Waals surface area contributed by atoms with Crippen molar-refractivity contribution >= 4 is 23.1 Å². The Bertz CT molecular complexity index is 928. The van der Waals surface area contributed by atoms with Crippen molar-refractivity contribution < 1.29 is 9.47 Å². The smallest absolute Gasteiger partial charge is 0.229 e. The molecule has 0 bridgehead atoms. The zero-order valence-electron chi connectivity index (χ0n) is 16.7. The van der Waals surface area contributed by atoms with E-state index in [-0.39, 0.29) is 6.10 Å². The Balaban J connectivity index is 1.85. The number of nitrogens with one attached hydrogen (secondary N) is 2. The van der Waals surface area contributed by atoms with E-state index in [1.807, 2.05) is 82.3 Å². The maximum atomic E-state index is 5.88. The molecule has 0 unspecified atom stereocenters. The number of aromatic nitrogens is 2. The highest BCUT2D eigenvalue weighted by molar-refractivity contribution is 5.67. The average Bonchev–Trinajstić information content (AvgIpc) is 2.64. The van der Waals surface area contributed by atoms with E-state index in [1.54, 1.807) is 0 Å². The van der Waals surface area contributed by atoms with Crippen LogP contribution in [-0.2, 0) is 0 Å². The molecule has 0 amide bonds. The number of hydrogen-bond donors (Lipinski definition) is 2. The van der Waals surface area contributed by atoms with Gasteiger partial charge in [-0.25, -0.2) is 4.98 Å². The van der Waals surface area contributed by atoms with Gasteiger partial charge in [0, 0.05) is 11.8 Å². The summed E-state index contributed by atoms with van der Waals surface area (Å²) in [6.45, 7) is 8.49. The molecule has 0 fully saturated rings. The van der Waals surface area contributed by atoms with Crippen molar-refractivity contribution in [3.63, 3.8) is 0 Å². The number of ether oxygens (including phenoxy) is 2. The molecule has 146 valence electrons. The third-order valence-electron chi connectivity index (χ3n) is 3.80. The van der Waals surface area contributed by atoms with E-state index in [0.717, 1.165) is 28.6 Å². The molecule has 0 spiro atoms. The van der Waals surface area contributed by atoms with Crippen molar-refractivity contribution in [2.24, 2.45) is 0 Å². The van der Waals surface area contributed by atoms with Crippen LogP contribution in [0, 0.1) is 6.92 Å². The van der Waals surface area contributed by atoms with Crippen LogP contribution in [0.4, 0.5) is 23.1 Å². The first-order chi connectivity index (χ1) is 13.5. The Kier molecular flexibility index (Phi) is 6.32. The van der Waals surface area contributed by atoms with E-state index in [4.69, 9.17) is 9.47 Å². The van der Waals surface area contributed by atoms with E-state index in [9.17, 15) is 0 Å². The molecule has 6 nitrogen and oxygen atoms in total. The van der Waals surface area contributed by atoms with Gasteiger partial charge in [0.2, 0.25) is 5.95 Å². The highest BCUT2D eigenvalue weighted by atomic mass is 16.5. The van der Waals surface area contributed by atoms with Crippen LogP contribution in [0.15, 0.2) is 54.6 Å². The van der Waals surface area contributed by atoms with Crippen LogP contribution < -0.4 is 20.1 Å². The van der Waals surface area contributed by atoms with E-state index < -0.39 is 0 Å². The lowest BCUT2D eigenvalue weighted by atomic mass is 10.2. The zero-order valence-corrected chi connectivity index (χ0v) is 16.7. The molecule has 0 atom stereocenters. The van der Waals surface area contributed by atoms with E-state index in [1.165, 1.54) is 0 Å². The number of para-hydroxylation sites is 4. The predicted molar refractivity (Wildman–Crippen MR) is 113 cm³/mol. The minimum absolute atomic E-state index is 0.0855. The van der Waals surface area contributed by atoms with Crippen molar-refractivity contribution in [1.29, 1.82) is 0 Å². The van der Waals surface area contributed by atoms with Gasteiger partial charge in [0.25, 0.3) is 0 Å². The molecule has 3 rings (SSSR count). The molecule has 3 aromatic rings. The first kappa shape index (κ1) is 19.5. The first-order valence-electron chi connectivity index (χ1n) is 9.42. The van der Waals surface area contributed by atoms with Crippen LogP contribution in [0.2, 0.25) is 0 Å². The maximum absolute atomic E-state index is 5.88. The lowest BCUT2D eigenvalue weighted by Gasteiger charge is -2.16. The van der Waals surface area contributed by atoms with Crippen molar-refractivity contribution in [3.8, 4) is 11.5 Å². The summed E-state index contributed by atoms with van der Waals surface area (Å²) in [6.07, 6.45) is 0.0855. The Morgan fingerprint density at radius 1 is 0.893 bits per heavy atom. The minimum Gasteiger partial charge on any atom is -0.492 e. The number of anilines is 4. The standard InChI is InChI=1S/C22H26N4O2/c1-5-27-19-12-8-6-10-17(19)25-22-23-16(4)14-21(26-22)24-18-11-7-9-13-20(18)28-15(2)3/h6-15H,5H2,1-4H3,(H2,23,24,25,26). The minimum atomic E-state index is 0.0855. The second-order valence-electron chi connectivity index (χ2n) is 6.56. The van der Waals surface area contributed by atoms with Crippen LogP contribution in [0.3, 0.4) is 0 Å². The molecule has 0 saturated heterocycles. The molecule has 1 aromatic heterocycles. The first-order valence-corrected chi connectivity index (χ1v) is 9.42. The molecule has 1 heterocycles. The highest BCUT2D eigenvalue weighted by Crippen LogP contribution is 2.29. The molecule has 0 aliphatic heterocycles. The van der Waals surface area contributed by atoms with Gasteiger partial charge in [0.1, 0.15) is 17.3 Å². The Hall–Kier alpha value is -3.28. The number of hydrogen-bond acceptors (Lipinski definition) is 6. The van der Waals surface area contributed by atoms with Crippen LogP contribution >= 0.6 is 0 Å². The molecule has 0 radical (unpaired) electrons. The van der Waals surface area contributed by atoms with Crippen LogP contribution in [0.1, 0.15) is 26.5 Å². The lowest BCUT2D eigenvalue weighted by Crippen LogP contribution is -2.08. The zero-order chi connectivity index (χ0) is 19.9. The molecule has 2 aromatic carbocycles. The lowest BCUT2D eigenvalue weighted by molar-refractivity contribution is 0.244. The van der Waals surface area contributed by atoms with Gasteiger partial charge >= 0.3 is 0 Å². The van der Waals surface area contributed by atoms with E-state index in [2.05, 4.69) is 20.6 Å². The predicted octanol–water partition coefficient (Wildman–Crippen LogP) is 5.46. The summed E-state index contributed by atoms with van der Waals surface area (Å²) in [6, 6.07) is 17.4. The molecule has 6 heteroatoms. The van der Waals surface area contributed by atoms with Crippen molar-refractivity contribution in [3.05, 3.63) is 60.3 Å². The van der Waals surface area contributed by atoms with Crippen LogP contribution in [0.25, 0.3) is 0 Å². The fourth-order valence-corrected chi connectivity index (χ4v) is 2.72. The molecule has 0 saturated carbocycles. The molecular weight excluding hydrogens is 352 g/mol. The fraction of sp³-hybridized carbons (Fsp3) is 0.273. The van der Waals surface area contributed by atoms with Gasteiger partial charge in [-0.3, -0.25) is 0 Å². The van der Waals surface area contributed by atoms with Gasteiger partial charge in [-0.1, -0.05) is 24.3 Å². The summed E-state index contributed by atoms with van der Waals surface area (Å²) in [4.78, 5) is 9.09. The normalized spacial score (nSPS) is 10.6. The number of aryl methyl sites for hydroxylation is 1. The second-order valence-corrected chi connectivity index (χ2v) is 6.56. The maximum Gasteiger partial charge on any atom is 0.229 e. The summed E-state index contributed by atoms with van der Waals surface area (Å²) < 4.78 is 11.5. The summed E-state index contributed by atoms with van der Waals surface area (Å²) in [5.41, 5.74) is 2.52. The second kappa shape index (κ2) is 9.08. The van der Waals surface area contributed by atoms with Crippen molar-refractivity contribution in [1.82, 2.24) is 9.97 Å². The Morgan fingerprint density at radius 3 is 2.21 bits per heavy atom. The van der Waals surface area contributed by atoms with Crippen molar-refractivity contribution in [2.45, 2.75) is 33.8 Å². The van der Waals surface area contributed by atoms with Gasteiger partial charge in [-0.15, -0.1) is 0 Å². The molecular formula is C22H26N4O2. The van der Waals surface area contributed by atoms with E-state index in [0.29, 0.717) is 18.4 Å². The number of rotatable bonds is 8. The van der Waals surface area contributed by atoms with Crippen molar-refractivity contribution in [2.75, 3.05) is 17.2 Å². The monoisotopic (exact) mass is 378 g/mol. The highest BCUT2D eigenvalue weighted by Gasteiger charge is 2.10. The fourth-order valence-electron chi connectivity index (χ4n) is 2.72. The summed E-state index contributed by atoms with van der Waals surface area (Å²) in [5.74, 6) is 2.73. The topological polar surface area (TPSA) is 68.3 Å². The summed E-state index contributed by atoms with van der Waals surface area (Å²) >= 11 is 0. The summed E-state index contributed by atoms with van der Waals surface area (Å²) in [5, 5.41) is 6.59. The van der Waals surface area contributed by atoms with Gasteiger partial charge in [0.05, 0.1) is 24.1 Å². The van der Waals surface area contributed by atoms with Crippen LogP contribution in [-0.4, -0.2) is 22.7 Å². The molecule has 28 heavy (non-hydrogen) atoms. The number of nitrogens with zero attached hydrogens (tertiary/aromatic N) is 2. The van der Waals surface area contributed by atoms with E-state index >= 15 is 0 Å². The number of benzene rings is 2. The quantitative estimate of drug-likeness (QED) is 0.543. The SMILES string of the molecule is CCOc1ccccc1Nc1nc(C)cc(Nc2ccccc2OC(C)C)n1. The van der Waals surface area contributed by atoms with Gasteiger partial charge in [0.15, 0.2) is 0 Å². The Morgan fingerprint density at radius 2 is 1.54 bits per heavy atom. The molecule has 2 N–H and O–H groups in total. The largest absolute Gasteiger partial charge is 0.492 e. The Labute approximate surface area is 166 Å². The third kappa shape index (κ3) is 5.13. The van der Waals surface area contributed by atoms with Gasteiger partial charge in [-0.05, 0) is 52.0 Å².